The first-order valence-corrected chi connectivity index (χ1v) is 9.16. The second kappa shape index (κ2) is 6.83. The molecule has 1 saturated heterocycles. The monoisotopic (exact) mass is 358 g/mol. The highest BCUT2D eigenvalue weighted by Crippen LogP contribution is 2.52. The van der Waals surface area contributed by atoms with Crippen LogP contribution in [0.25, 0.3) is 10.9 Å². The van der Waals surface area contributed by atoms with Gasteiger partial charge in [0.25, 0.3) is 0 Å². The van der Waals surface area contributed by atoms with Crippen LogP contribution >= 0.6 is 0 Å². The fourth-order valence-electron chi connectivity index (χ4n) is 4.06. The van der Waals surface area contributed by atoms with E-state index in [1.54, 1.807) is 18.3 Å². The van der Waals surface area contributed by atoms with E-state index in [2.05, 4.69) is 9.88 Å². The van der Waals surface area contributed by atoms with Gasteiger partial charge in [0.05, 0.1) is 18.7 Å². The zero-order chi connectivity index (χ0) is 18.3. The second-order valence-electron chi connectivity index (χ2n) is 7.16. The molecule has 1 saturated carbocycles. The molecule has 0 N–H and O–H groups in total. The molecule has 0 radical (unpaired) electrons. The number of piperidine rings is 1. The van der Waals surface area contributed by atoms with Gasteiger partial charge in [-0.05, 0) is 49.9 Å². The molecular formula is C20H23FN2O3. The fraction of sp³-hybridized carbons (Fsp3) is 0.500. The molecule has 1 aliphatic heterocycles. The van der Waals surface area contributed by atoms with E-state index in [9.17, 15) is 9.18 Å². The van der Waals surface area contributed by atoms with Crippen LogP contribution in [0, 0.1) is 23.6 Å². The van der Waals surface area contributed by atoms with Crippen LogP contribution < -0.4 is 4.74 Å². The molecule has 5 nitrogen and oxygen atoms in total. The van der Waals surface area contributed by atoms with Crippen LogP contribution in [-0.4, -0.2) is 48.2 Å². The SMILES string of the molecule is CCOC(=O)C(C)N1CC2C(COc3ccnc4ccc(F)cc34)C2C1. The lowest BCUT2D eigenvalue weighted by Crippen LogP contribution is -2.40. The Kier molecular flexibility index (Phi) is 4.53. The van der Waals surface area contributed by atoms with Crippen molar-refractivity contribution >= 4 is 16.9 Å². The van der Waals surface area contributed by atoms with E-state index in [4.69, 9.17) is 9.47 Å². The van der Waals surface area contributed by atoms with Gasteiger partial charge in [0, 0.05) is 30.6 Å². The lowest BCUT2D eigenvalue weighted by molar-refractivity contribution is -0.148. The summed E-state index contributed by atoms with van der Waals surface area (Å²) in [5.41, 5.74) is 0.731. The summed E-state index contributed by atoms with van der Waals surface area (Å²) < 4.78 is 24.6. The zero-order valence-corrected chi connectivity index (χ0v) is 15.0. The number of rotatable bonds is 6. The summed E-state index contributed by atoms with van der Waals surface area (Å²) in [5.74, 6) is 1.87. The lowest BCUT2D eigenvalue weighted by Gasteiger charge is -2.25. The van der Waals surface area contributed by atoms with Crippen molar-refractivity contribution in [2.24, 2.45) is 17.8 Å². The Bertz CT molecular complexity index is 816. The van der Waals surface area contributed by atoms with E-state index in [0.717, 1.165) is 18.6 Å². The van der Waals surface area contributed by atoms with Gasteiger partial charge in [-0.2, -0.15) is 0 Å². The molecule has 2 aromatic rings. The van der Waals surface area contributed by atoms with Gasteiger partial charge in [-0.3, -0.25) is 14.7 Å². The molecule has 2 heterocycles. The van der Waals surface area contributed by atoms with Gasteiger partial charge in [-0.25, -0.2) is 4.39 Å². The standard InChI is InChI=1S/C20H23FN2O3/c1-3-25-20(24)12(2)23-9-15-16(10-23)17(15)11-26-19-6-7-22-18-5-4-13(21)8-14(18)19/h4-8,12,15-17H,3,9-11H2,1-2H3. The normalized spacial score (nSPS) is 25.7. The van der Waals surface area contributed by atoms with E-state index < -0.39 is 0 Å². The lowest BCUT2D eigenvalue weighted by atomic mass is 10.2. The molecule has 3 atom stereocenters. The number of pyridine rings is 1. The summed E-state index contributed by atoms with van der Waals surface area (Å²) in [5, 5.41) is 0.705. The maximum Gasteiger partial charge on any atom is 0.323 e. The van der Waals surface area contributed by atoms with Crippen molar-refractivity contribution < 1.29 is 18.7 Å². The number of esters is 1. The second-order valence-corrected chi connectivity index (χ2v) is 7.16. The average Bonchev–Trinajstić information content (AvgIpc) is 3.08. The van der Waals surface area contributed by atoms with Gasteiger partial charge >= 0.3 is 5.97 Å². The molecule has 0 bridgehead atoms. The largest absolute Gasteiger partial charge is 0.493 e. The van der Waals surface area contributed by atoms with E-state index in [1.165, 1.54) is 12.1 Å². The van der Waals surface area contributed by atoms with Crippen molar-refractivity contribution in [3.63, 3.8) is 0 Å². The molecule has 26 heavy (non-hydrogen) atoms. The number of aromatic nitrogens is 1. The number of carbonyl (C=O) groups is 1. The van der Waals surface area contributed by atoms with Gasteiger partial charge in [0.2, 0.25) is 0 Å². The van der Waals surface area contributed by atoms with Crippen LogP contribution in [0.2, 0.25) is 0 Å². The van der Waals surface area contributed by atoms with Gasteiger partial charge in [0.15, 0.2) is 0 Å². The Morgan fingerprint density at radius 2 is 2.12 bits per heavy atom. The number of ether oxygens (including phenoxy) is 2. The predicted octanol–water partition coefficient (Wildman–Crippen LogP) is 2.88. The number of nitrogens with zero attached hydrogens (tertiary/aromatic N) is 2. The van der Waals surface area contributed by atoms with Crippen molar-refractivity contribution in [3.8, 4) is 5.75 Å². The van der Waals surface area contributed by atoms with Crippen LogP contribution in [0.5, 0.6) is 5.75 Å². The Morgan fingerprint density at radius 3 is 2.85 bits per heavy atom. The van der Waals surface area contributed by atoms with Gasteiger partial charge in [0.1, 0.15) is 17.6 Å². The van der Waals surface area contributed by atoms with Crippen LogP contribution in [0.3, 0.4) is 0 Å². The van der Waals surface area contributed by atoms with E-state index >= 15 is 0 Å². The van der Waals surface area contributed by atoms with Crippen LogP contribution in [0.1, 0.15) is 13.8 Å². The number of likely N-dealkylation sites (tertiary alicyclic amines) is 1. The number of halogens is 1. The highest BCUT2D eigenvalue weighted by Gasteiger charge is 2.57. The predicted molar refractivity (Wildman–Crippen MR) is 95.3 cm³/mol. The highest BCUT2D eigenvalue weighted by molar-refractivity contribution is 5.84. The van der Waals surface area contributed by atoms with Crippen molar-refractivity contribution in [1.82, 2.24) is 9.88 Å². The van der Waals surface area contributed by atoms with E-state index in [1.807, 2.05) is 13.8 Å². The molecule has 1 aliphatic carbocycles. The Labute approximate surface area is 152 Å². The first-order chi connectivity index (χ1) is 12.6. The van der Waals surface area contributed by atoms with E-state index in [-0.39, 0.29) is 17.8 Å². The highest BCUT2D eigenvalue weighted by atomic mass is 19.1. The summed E-state index contributed by atoms with van der Waals surface area (Å²) in [6.45, 7) is 6.59. The van der Waals surface area contributed by atoms with Crippen molar-refractivity contribution in [2.45, 2.75) is 19.9 Å². The van der Waals surface area contributed by atoms with Gasteiger partial charge in [-0.1, -0.05) is 0 Å². The third-order valence-electron chi connectivity index (χ3n) is 5.67. The molecule has 2 fully saturated rings. The number of carbonyl (C=O) groups excluding carboxylic acids is 1. The molecule has 0 amide bonds. The van der Waals surface area contributed by atoms with Crippen LogP contribution in [0.15, 0.2) is 30.5 Å². The molecule has 1 aromatic heterocycles. The summed E-state index contributed by atoms with van der Waals surface area (Å²) in [6, 6.07) is 6.14. The minimum Gasteiger partial charge on any atom is -0.493 e. The topological polar surface area (TPSA) is 51.7 Å². The Balaban J connectivity index is 1.34. The molecule has 2 aliphatic rings. The summed E-state index contributed by atoms with van der Waals surface area (Å²) in [7, 11) is 0. The molecule has 1 aromatic carbocycles. The van der Waals surface area contributed by atoms with Crippen molar-refractivity contribution in [3.05, 3.63) is 36.3 Å². The molecule has 0 spiro atoms. The Hall–Kier alpha value is -2.21. The minimum atomic E-state index is -0.290. The Morgan fingerprint density at radius 1 is 1.35 bits per heavy atom. The van der Waals surface area contributed by atoms with Crippen molar-refractivity contribution in [1.29, 1.82) is 0 Å². The zero-order valence-electron chi connectivity index (χ0n) is 15.0. The molecule has 3 unspecified atom stereocenters. The quantitative estimate of drug-likeness (QED) is 0.743. The van der Waals surface area contributed by atoms with Gasteiger partial charge in [-0.15, -0.1) is 0 Å². The molecular weight excluding hydrogens is 335 g/mol. The fourth-order valence-corrected chi connectivity index (χ4v) is 4.06. The first-order valence-electron chi connectivity index (χ1n) is 9.16. The van der Waals surface area contributed by atoms with Crippen LogP contribution in [0.4, 0.5) is 4.39 Å². The molecule has 138 valence electrons. The first kappa shape index (κ1) is 17.2. The van der Waals surface area contributed by atoms with Gasteiger partial charge < -0.3 is 9.47 Å². The number of hydrogen-bond donors (Lipinski definition) is 0. The smallest absolute Gasteiger partial charge is 0.323 e. The summed E-state index contributed by atoms with van der Waals surface area (Å²) in [4.78, 5) is 18.3. The van der Waals surface area contributed by atoms with Crippen molar-refractivity contribution in [2.75, 3.05) is 26.3 Å². The summed E-state index contributed by atoms with van der Waals surface area (Å²) >= 11 is 0. The minimum absolute atomic E-state index is 0.146. The summed E-state index contributed by atoms with van der Waals surface area (Å²) in [6.07, 6.45) is 1.69. The third kappa shape index (κ3) is 3.14. The number of benzene rings is 1. The molecule has 6 heteroatoms. The average molecular weight is 358 g/mol. The molecule has 4 rings (SSSR count). The number of fused-ring (bicyclic) bond motifs is 2. The van der Waals surface area contributed by atoms with Crippen LogP contribution in [-0.2, 0) is 9.53 Å². The number of hydrogen-bond acceptors (Lipinski definition) is 5. The maximum atomic E-state index is 13.5. The maximum absolute atomic E-state index is 13.5. The van der Waals surface area contributed by atoms with E-state index in [0.29, 0.717) is 42.1 Å². The third-order valence-corrected chi connectivity index (χ3v) is 5.67.